The third-order valence-corrected chi connectivity index (χ3v) is 5.69. The first-order chi connectivity index (χ1) is 9.37. The predicted molar refractivity (Wildman–Crippen MR) is 87.0 cm³/mol. The van der Waals surface area contributed by atoms with E-state index < -0.39 is 9.84 Å². The fraction of sp³-hybridized carbons (Fsp3) is 0.571. The normalized spacial score (nSPS) is 20.4. The molecule has 1 saturated heterocycles. The van der Waals surface area contributed by atoms with Gasteiger partial charge in [-0.3, -0.25) is 0 Å². The van der Waals surface area contributed by atoms with Gasteiger partial charge in [0.1, 0.15) is 0 Å². The number of benzene rings is 1. The van der Waals surface area contributed by atoms with Crippen LogP contribution in [0.1, 0.15) is 18.9 Å². The topological polar surface area (TPSA) is 63.4 Å². The summed E-state index contributed by atoms with van der Waals surface area (Å²) in [5.41, 5.74) is 8.21. The molecule has 1 aliphatic heterocycles. The van der Waals surface area contributed by atoms with E-state index in [-0.39, 0.29) is 11.8 Å². The van der Waals surface area contributed by atoms with E-state index >= 15 is 0 Å². The molecule has 6 heteroatoms. The fourth-order valence-electron chi connectivity index (χ4n) is 2.55. The van der Waals surface area contributed by atoms with Crippen molar-refractivity contribution in [3.05, 3.63) is 28.2 Å². The second-order valence-corrected chi connectivity index (χ2v) is 8.67. The minimum Gasteiger partial charge on any atom is -0.370 e. The van der Waals surface area contributed by atoms with E-state index in [0.29, 0.717) is 18.7 Å². The molecule has 1 heterocycles. The quantitative estimate of drug-likeness (QED) is 0.894. The van der Waals surface area contributed by atoms with E-state index in [0.717, 1.165) is 23.1 Å². The van der Waals surface area contributed by atoms with E-state index in [1.807, 2.05) is 13.0 Å². The van der Waals surface area contributed by atoms with Crippen molar-refractivity contribution < 1.29 is 8.42 Å². The van der Waals surface area contributed by atoms with Crippen LogP contribution in [0.2, 0.25) is 0 Å². The van der Waals surface area contributed by atoms with E-state index in [4.69, 9.17) is 5.73 Å². The summed E-state index contributed by atoms with van der Waals surface area (Å²) in [4.78, 5) is 2.18. The first-order valence-corrected chi connectivity index (χ1v) is 9.48. The van der Waals surface area contributed by atoms with Crippen LogP contribution in [0, 0.1) is 0 Å². The Morgan fingerprint density at radius 2 is 2.10 bits per heavy atom. The summed E-state index contributed by atoms with van der Waals surface area (Å²) in [5, 5.41) is 0. The molecule has 1 aromatic carbocycles. The van der Waals surface area contributed by atoms with Crippen molar-refractivity contribution in [2.24, 2.45) is 5.73 Å². The molecule has 0 aliphatic carbocycles. The predicted octanol–water partition coefficient (Wildman–Crippen LogP) is 1.96. The highest BCUT2D eigenvalue weighted by Crippen LogP contribution is 2.27. The van der Waals surface area contributed by atoms with Crippen LogP contribution >= 0.6 is 15.9 Å². The molecule has 20 heavy (non-hydrogen) atoms. The van der Waals surface area contributed by atoms with Gasteiger partial charge in [0.2, 0.25) is 0 Å². The molecule has 0 bridgehead atoms. The van der Waals surface area contributed by atoms with Crippen molar-refractivity contribution in [1.82, 2.24) is 0 Å². The summed E-state index contributed by atoms with van der Waals surface area (Å²) < 4.78 is 24.4. The Morgan fingerprint density at radius 1 is 1.35 bits per heavy atom. The molecule has 1 unspecified atom stereocenters. The molecule has 1 aromatic rings. The maximum Gasteiger partial charge on any atom is 0.152 e. The second-order valence-electron chi connectivity index (χ2n) is 5.45. The minimum atomic E-state index is -2.88. The van der Waals surface area contributed by atoms with Crippen LogP contribution in [0.5, 0.6) is 0 Å². The van der Waals surface area contributed by atoms with Gasteiger partial charge in [-0.05, 0) is 43.5 Å². The van der Waals surface area contributed by atoms with Crippen molar-refractivity contribution in [1.29, 1.82) is 0 Å². The molecule has 1 fully saturated rings. The van der Waals surface area contributed by atoms with Crippen LogP contribution in [-0.4, -0.2) is 39.1 Å². The first kappa shape index (κ1) is 15.8. The van der Waals surface area contributed by atoms with Crippen molar-refractivity contribution in [2.45, 2.75) is 25.8 Å². The summed E-state index contributed by atoms with van der Waals surface area (Å²) in [7, 11) is -2.88. The largest absolute Gasteiger partial charge is 0.370 e. The molecule has 112 valence electrons. The monoisotopic (exact) mass is 360 g/mol. The van der Waals surface area contributed by atoms with Crippen LogP contribution in [0.15, 0.2) is 22.7 Å². The number of rotatable bonds is 3. The molecule has 0 aromatic heterocycles. The van der Waals surface area contributed by atoms with Crippen molar-refractivity contribution >= 4 is 31.5 Å². The molecule has 0 radical (unpaired) electrons. The highest BCUT2D eigenvalue weighted by molar-refractivity contribution is 9.10. The first-order valence-electron chi connectivity index (χ1n) is 6.87. The van der Waals surface area contributed by atoms with E-state index in [2.05, 4.69) is 33.0 Å². The molecule has 1 aliphatic rings. The SMILES string of the molecule is CC(N)Cc1cc(Br)ccc1N1CCCS(=O)(=O)CC1. The van der Waals surface area contributed by atoms with Gasteiger partial charge in [-0.2, -0.15) is 0 Å². The second kappa shape index (κ2) is 6.45. The van der Waals surface area contributed by atoms with Crippen molar-refractivity contribution in [3.8, 4) is 0 Å². The smallest absolute Gasteiger partial charge is 0.152 e. The molecule has 2 N–H and O–H groups in total. The third-order valence-electron chi connectivity index (χ3n) is 3.48. The summed E-state index contributed by atoms with van der Waals surface area (Å²) in [5.74, 6) is 0.531. The van der Waals surface area contributed by atoms with Gasteiger partial charge >= 0.3 is 0 Å². The summed E-state index contributed by atoms with van der Waals surface area (Å²) in [6.45, 7) is 3.33. The number of sulfone groups is 1. The Kier molecular flexibility index (Phi) is 5.09. The number of nitrogens with zero attached hydrogens (tertiary/aromatic N) is 1. The van der Waals surface area contributed by atoms with Crippen molar-refractivity contribution in [2.75, 3.05) is 29.5 Å². The maximum atomic E-state index is 11.7. The van der Waals surface area contributed by atoms with Gasteiger partial charge in [0, 0.05) is 29.3 Å². The van der Waals surface area contributed by atoms with Gasteiger partial charge in [0.05, 0.1) is 11.5 Å². The van der Waals surface area contributed by atoms with Gasteiger partial charge in [-0.1, -0.05) is 15.9 Å². The lowest BCUT2D eigenvalue weighted by atomic mass is 10.0. The standard InChI is InChI=1S/C14H21BrN2O2S/c1-11(16)9-12-10-13(15)3-4-14(12)17-5-2-7-20(18,19)8-6-17/h3-4,10-11H,2,5-9,16H2,1H3. The molecular weight excluding hydrogens is 340 g/mol. The van der Waals surface area contributed by atoms with Crippen molar-refractivity contribution in [3.63, 3.8) is 0 Å². The van der Waals surface area contributed by atoms with Gasteiger partial charge in [0.25, 0.3) is 0 Å². The minimum absolute atomic E-state index is 0.0822. The maximum absolute atomic E-state index is 11.7. The zero-order valence-corrected chi connectivity index (χ0v) is 14.1. The lowest BCUT2D eigenvalue weighted by molar-refractivity contribution is 0.597. The number of halogens is 1. The van der Waals surface area contributed by atoms with Crippen LogP contribution in [0.25, 0.3) is 0 Å². The van der Waals surface area contributed by atoms with E-state index in [9.17, 15) is 8.42 Å². The van der Waals surface area contributed by atoms with Gasteiger partial charge in [0.15, 0.2) is 9.84 Å². The van der Waals surface area contributed by atoms with Crippen LogP contribution in [0.4, 0.5) is 5.69 Å². The third kappa shape index (κ3) is 4.20. The Hall–Kier alpha value is -0.590. The fourth-order valence-corrected chi connectivity index (χ4v) is 4.23. The molecule has 4 nitrogen and oxygen atoms in total. The number of hydrogen-bond acceptors (Lipinski definition) is 4. The molecular formula is C14H21BrN2O2S. The average Bonchev–Trinajstić information content (AvgIpc) is 2.50. The summed E-state index contributed by atoms with van der Waals surface area (Å²) in [6.07, 6.45) is 1.48. The highest BCUT2D eigenvalue weighted by atomic mass is 79.9. The molecule has 0 amide bonds. The van der Waals surface area contributed by atoms with Crippen LogP contribution in [0.3, 0.4) is 0 Å². The van der Waals surface area contributed by atoms with Gasteiger partial charge in [-0.25, -0.2) is 8.42 Å². The lowest BCUT2D eigenvalue weighted by Gasteiger charge is -2.26. The zero-order chi connectivity index (χ0) is 14.8. The number of anilines is 1. The Balaban J connectivity index is 2.27. The van der Waals surface area contributed by atoms with Crippen LogP contribution in [-0.2, 0) is 16.3 Å². The highest BCUT2D eigenvalue weighted by Gasteiger charge is 2.21. The van der Waals surface area contributed by atoms with Gasteiger partial charge in [-0.15, -0.1) is 0 Å². The van der Waals surface area contributed by atoms with Gasteiger partial charge < -0.3 is 10.6 Å². The summed E-state index contributed by atoms with van der Waals surface area (Å²) in [6, 6.07) is 6.22. The molecule has 1 atom stereocenters. The Morgan fingerprint density at radius 3 is 2.80 bits per heavy atom. The average molecular weight is 361 g/mol. The van der Waals surface area contributed by atoms with E-state index in [1.165, 1.54) is 5.56 Å². The summed E-state index contributed by atoms with van der Waals surface area (Å²) >= 11 is 3.49. The van der Waals surface area contributed by atoms with Crippen LogP contribution < -0.4 is 10.6 Å². The molecule has 0 saturated carbocycles. The Labute approximate surface area is 129 Å². The molecule has 0 spiro atoms. The number of nitrogens with two attached hydrogens (primary N) is 1. The lowest BCUT2D eigenvalue weighted by Crippen LogP contribution is -2.29. The molecule has 2 rings (SSSR count). The van der Waals surface area contributed by atoms with E-state index in [1.54, 1.807) is 0 Å². The Bertz CT molecular complexity index is 573. The zero-order valence-electron chi connectivity index (χ0n) is 11.7. The number of hydrogen-bond donors (Lipinski definition) is 1.